The molecule has 0 aliphatic heterocycles. The van der Waals surface area contributed by atoms with Crippen molar-refractivity contribution in [2.24, 2.45) is 5.73 Å². The second-order valence-electron chi connectivity index (χ2n) is 4.47. The van der Waals surface area contributed by atoms with Gasteiger partial charge in [0.2, 0.25) is 0 Å². The van der Waals surface area contributed by atoms with E-state index in [2.05, 4.69) is 15.9 Å². The molecule has 0 heterocycles. The Morgan fingerprint density at radius 1 is 1.41 bits per heavy atom. The van der Waals surface area contributed by atoms with Crippen molar-refractivity contribution in [3.8, 4) is 0 Å². The number of benzene rings is 1. The third-order valence-electron chi connectivity index (χ3n) is 3.37. The summed E-state index contributed by atoms with van der Waals surface area (Å²) in [5, 5.41) is 9.13. The fourth-order valence-corrected chi connectivity index (χ4v) is 3.13. The predicted octanol–water partition coefficient (Wildman–Crippen LogP) is 2.45. The highest BCUT2D eigenvalue weighted by molar-refractivity contribution is 9.10. The molecule has 0 fully saturated rings. The molecular weight excluding hydrogens is 282 g/mol. The van der Waals surface area contributed by atoms with E-state index >= 15 is 0 Å². The van der Waals surface area contributed by atoms with Crippen LogP contribution in [0.25, 0.3) is 0 Å². The Morgan fingerprint density at radius 3 is 2.76 bits per heavy atom. The van der Waals surface area contributed by atoms with Crippen LogP contribution in [-0.2, 0) is 17.6 Å². The van der Waals surface area contributed by atoms with Gasteiger partial charge in [-0.25, -0.2) is 0 Å². The highest BCUT2D eigenvalue weighted by Gasteiger charge is 2.21. The lowest BCUT2D eigenvalue weighted by molar-refractivity contribution is -0.138. The molecule has 0 saturated heterocycles. The van der Waals surface area contributed by atoms with Gasteiger partial charge >= 0.3 is 5.97 Å². The Balaban J connectivity index is 2.42. The molecule has 2 rings (SSSR count). The molecule has 0 radical (unpaired) electrons. The number of nitrogens with two attached hydrogens (primary N) is 1. The molecule has 1 atom stereocenters. The van der Waals surface area contributed by atoms with E-state index in [-0.39, 0.29) is 6.54 Å². The Morgan fingerprint density at radius 2 is 2.12 bits per heavy atom. The number of carboxylic acids is 1. The average molecular weight is 298 g/mol. The topological polar surface area (TPSA) is 63.3 Å². The molecule has 1 aromatic rings. The molecule has 4 heteroatoms. The minimum atomic E-state index is -0.852. The van der Waals surface area contributed by atoms with Crippen LogP contribution in [0.2, 0.25) is 0 Å². The van der Waals surface area contributed by atoms with Crippen LogP contribution in [0.4, 0.5) is 0 Å². The van der Waals surface area contributed by atoms with E-state index in [1.807, 2.05) is 12.1 Å². The van der Waals surface area contributed by atoms with Gasteiger partial charge in [0.05, 0.1) is 5.92 Å². The van der Waals surface area contributed by atoms with Crippen LogP contribution in [0.15, 0.2) is 16.6 Å². The van der Waals surface area contributed by atoms with Crippen molar-refractivity contribution in [2.75, 3.05) is 6.54 Å². The first kappa shape index (κ1) is 12.6. The second kappa shape index (κ2) is 5.19. The molecule has 1 aliphatic rings. The first-order chi connectivity index (χ1) is 8.13. The van der Waals surface area contributed by atoms with E-state index in [1.165, 1.54) is 24.0 Å². The van der Waals surface area contributed by atoms with Crippen molar-refractivity contribution in [2.45, 2.75) is 31.6 Å². The standard InChI is InChI=1S/C13H16BrNO2/c14-12-6-9(11(7-15)13(16)17)5-8-3-1-2-4-10(8)12/h5-6,11H,1-4,7,15H2,(H,16,17). The highest BCUT2D eigenvalue weighted by atomic mass is 79.9. The Hall–Kier alpha value is -0.870. The number of aryl methyl sites for hydroxylation is 1. The summed E-state index contributed by atoms with van der Waals surface area (Å²) >= 11 is 3.55. The van der Waals surface area contributed by atoms with Gasteiger partial charge in [0, 0.05) is 11.0 Å². The number of hydrogen-bond acceptors (Lipinski definition) is 2. The quantitative estimate of drug-likeness (QED) is 0.901. The second-order valence-corrected chi connectivity index (χ2v) is 5.33. The van der Waals surface area contributed by atoms with Crippen LogP contribution < -0.4 is 5.73 Å². The monoisotopic (exact) mass is 297 g/mol. The van der Waals surface area contributed by atoms with E-state index < -0.39 is 11.9 Å². The summed E-state index contributed by atoms with van der Waals surface area (Å²) in [6, 6.07) is 3.93. The van der Waals surface area contributed by atoms with Gasteiger partial charge in [-0.15, -0.1) is 0 Å². The molecule has 1 aliphatic carbocycles. The summed E-state index contributed by atoms with van der Waals surface area (Å²) in [6.07, 6.45) is 4.52. The zero-order valence-electron chi connectivity index (χ0n) is 9.58. The largest absolute Gasteiger partial charge is 0.481 e. The molecule has 92 valence electrons. The van der Waals surface area contributed by atoms with Crippen LogP contribution >= 0.6 is 15.9 Å². The zero-order chi connectivity index (χ0) is 12.4. The van der Waals surface area contributed by atoms with Gasteiger partial charge in [-0.2, -0.15) is 0 Å². The number of fused-ring (bicyclic) bond motifs is 1. The smallest absolute Gasteiger partial charge is 0.312 e. The van der Waals surface area contributed by atoms with E-state index in [0.717, 1.165) is 22.9 Å². The molecule has 17 heavy (non-hydrogen) atoms. The molecule has 0 aromatic heterocycles. The first-order valence-corrected chi connectivity index (χ1v) is 6.67. The van der Waals surface area contributed by atoms with Crippen LogP contribution in [0.5, 0.6) is 0 Å². The number of rotatable bonds is 3. The fraction of sp³-hybridized carbons (Fsp3) is 0.462. The lowest BCUT2D eigenvalue weighted by atomic mass is 9.87. The summed E-state index contributed by atoms with van der Waals surface area (Å²) < 4.78 is 1.03. The van der Waals surface area contributed by atoms with Gasteiger partial charge in [0.25, 0.3) is 0 Å². The fourth-order valence-electron chi connectivity index (χ4n) is 2.42. The van der Waals surface area contributed by atoms with E-state index in [1.54, 1.807) is 0 Å². The molecule has 0 spiro atoms. The summed E-state index contributed by atoms with van der Waals surface area (Å²) in [4.78, 5) is 11.1. The molecule has 0 bridgehead atoms. The SMILES string of the molecule is NCC(C(=O)O)c1cc(Br)c2c(c1)CCCC2. The van der Waals surface area contributed by atoms with Gasteiger partial charge in [0.15, 0.2) is 0 Å². The predicted molar refractivity (Wildman–Crippen MR) is 70.2 cm³/mol. The normalized spacial score (nSPS) is 16.4. The number of halogens is 1. The molecular formula is C13H16BrNO2. The summed E-state index contributed by atoms with van der Waals surface area (Å²) in [5.74, 6) is -1.45. The molecule has 1 unspecified atom stereocenters. The molecule has 0 amide bonds. The summed E-state index contributed by atoms with van der Waals surface area (Å²) in [6.45, 7) is 0.139. The molecule has 3 N–H and O–H groups in total. The molecule has 3 nitrogen and oxygen atoms in total. The van der Waals surface area contributed by atoms with E-state index in [0.29, 0.717) is 0 Å². The zero-order valence-corrected chi connectivity index (χ0v) is 11.2. The average Bonchev–Trinajstić information content (AvgIpc) is 2.29. The number of carbonyl (C=O) groups is 1. The van der Waals surface area contributed by atoms with Crippen LogP contribution in [-0.4, -0.2) is 17.6 Å². The van der Waals surface area contributed by atoms with Gasteiger partial charge in [0.1, 0.15) is 0 Å². The Labute approximate surface area is 109 Å². The number of carboxylic acid groups (broad SMARTS) is 1. The lowest BCUT2D eigenvalue weighted by Crippen LogP contribution is -2.21. The van der Waals surface area contributed by atoms with Crippen molar-refractivity contribution in [3.63, 3.8) is 0 Å². The first-order valence-electron chi connectivity index (χ1n) is 5.87. The number of aliphatic carboxylic acids is 1. The van der Waals surface area contributed by atoms with Crippen LogP contribution in [0.3, 0.4) is 0 Å². The molecule has 0 saturated carbocycles. The summed E-state index contributed by atoms with van der Waals surface area (Å²) in [7, 11) is 0. The molecule has 1 aromatic carbocycles. The third kappa shape index (κ3) is 2.53. The minimum Gasteiger partial charge on any atom is -0.481 e. The van der Waals surface area contributed by atoms with Gasteiger partial charge in [-0.1, -0.05) is 22.0 Å². The maximum absolute atomic E-state index is 11.1. The maximum Gasteiger partial charge on any atom is 0.312 e. The van der Waals surface area contributed by atoms with Crippen molar-refractivity contribution in [1.29, 1.82) is 0 Å². The van der Waals surface area contributed by atoms with Crippen molar-refractivity contribution < 1.29 is 9.90 Å². The van der Waals surface area contributed by atoms with E-state index in [9.17, 15) is 4.79 Å². The van der Waals surface area contributed by atoms with Crippen LogP contribution in [0.1, 0.15) is 35.4 Å². The van der Waals surface area contributed by atoms with Gasteiger partial charge in [-0.05, 0) is 48.4 Å². The third-order valence-corrected chi connectivity index (χ3v) is 4.08. The summed E-state index contributed by atoms with van der Waals surface area (Å²) in [5.41, 5.74) is 8.96. The number of hydrogen-bond donors (Lipinski definition) is 2. The van der Waals surface area contributed by atoms with Crippen molar-refractivity contribution >= 4 is 21.9 Å². The van der Waals surface area contributed by atoms with Crippen molar-refractivity contribution in [1.82, 2.24) is 0 Å². The lowest BCUT2D eigenvalue weighted by Gasteiger charge is -2.20. The Bertz CT molecular complexity index is 445. The van der Waals surface area contributed by atoms with Gasteiger partial charge in [-0.3, -0.25) is 4.79 Å². The van der Waals surface area contributed by atoms with Crippen LogP contribution in [0, 0.1) is 0 Å². The van der Waals surface area contributed by atoms with E-state index in [4.69, 9.17) is 10.8 Å². The van der Waals surface area contributed by atoms with Crippen molar-refractivity contribution in [3.05, 3.63) is 33.3 Å². The maximum atomic E-state index is 11.1. The highest BCUT2D eigenvalue weighted by Crippen LogP contribution is 2.32. The van der Waals surface area contributed by atoms with Gasteiger partial charge < -0.3 is 10.8 Å². The minimum absolute atomic E-state index is 0.139. The Kier molecular flexibility index (Phi) is 3.84.